The highest BCUT2D eigenvalue weighted by Crippen LogP contribution is 2.14. The minimum atomic E-state index is -0.542. The van der Waals surface area contributed by atoms with Crippen molar-refractivity contribution in [3.05, 3.63) is 34.3 Å². The SMILES string of the molecule is C#Cc1cc(Cl)ccc1C(N)=O. The Bertz CT molecular complexity index is 365. The van der Waals surface area contributed by atoms with Crippen LogP contribution in [0.2, 0.25) is 5.02 Å². The predicted molar refractivity (Wildman–Crippen MR) is 47.9 cm³/mol. The van der Waals surface area contributed by atoms with Gasteiger partial charge in [-0.3, -0.25) is 4.79 Å². The van der Waals surface area contributed by atoms with Gasteiger partial charge in [0.05, 0.1) is 5.56 Å². The summed E-state index contributed by atoms with van der Waals surface area (Å²) in [6.45, 7) is 0. The van der Waals surface area contributed by atoms with E-state index in [0.29, 0.717) is 16.1 Å². The molecule has 12 heavy (non-hydrogen) atoms. The fourth-order valence-corrected chi connectivity index (χ4v) is 1.02. The number of rotatable bonds is 1. The molecule has 0 fully saturated rings. The van der Waals surface area contributed by atoms with E-state index in [1.54, 1.807) is 6.07 Å². The number of nitrogens with two attached hydrogens (primary N) is 1. The van der Waals surface area contributed by atoms with E-state index in [9.17, 15) is 4.79 Å². The van der Waals surface area contributed by atoms with Crippen LogP contribution in [0.25, 0.3) is 0 Å². The van der Waals surface area contributed by atoms with E-state index < -0.39 is 5.91 Å². The molecule has 0 aromatic heterocycles. The first-order valence-corrected chi connectivity index (χ1v) is 3.59. The third-order valence-corrected chi connectivity index (χ3v) is 1.64. The fraction of sp³-hybridized carbons (Fsp3) is 0. The molecule has 0 saturated heterocycles. The lowest BCUT2D eigenvalue weighted by molar-refractivity contribution is 0.1000. The zero-order valence-electron chi connectivity index (χ0n) is 6.17. The van der Waals surface area contributed by atoms with Gasteiger partial charge in [-0.05, 0) is 18.2 Å². The highest BCUT2D eigenvalue weighted by atomic mass is 35.5. The number of amides is 1. The molecular formula is C9H6ClNO. The summed E-state index contributed by atoms with van der Waals surface area (Å²) in [7, 11) is 0. The molecule has 1 aromatic carbocycles. The van der Waals surface area contributed by atoms with E-state index in [1.165, 1.54) is 12.1 Å². The number of primary amides is 1. The van der Waals surface area contributed by atoms with Crippen LogP contribution in [-0.2, 0) is 0 Å². The third kappa shape index (κ3) is 1.58. The standard InChI is InChI=1S/C9H6ClNO/c1-2-6-5-7(10)3-4-8(6)9(11)12/h1,3-5H,(H2,11,12). The lowest BCUT2D eigenvalue weighted by Gasteiger charge is -1.99. The molecule has 0 aliphatic heterocycles. The highest BCUT2D eigenvalue weighted by Gasteiger charge is 2.05. The number of terminal acetylenes is 1. The number of halogens is 1. The van der Waals surface area contributed by atoms with Crippen molar-refractivity contribution in [3.8, 4) is 12.3 Å². The Morgan fingerprint density at radius 2 is 2.25 bits per heavy atom. The van der Waals surface area contributed by atoms with E-state index in [-0.39, 0.29) is 0 Å². The van der Waals surface area contributed by atoms with E-state index in [1.807, 2.05) is 0 Å². The minimum Gasteiger partial charge on any atom is -0.366 e. The average molecular weight is 180 g/mol. The molecule has 0 unspecified atom stereocenters. The first-order valence-electron chi connectivity index (χ1n) is 3.21. The lowest BCUT2D eigenvalue weighted by atomic mass is 10.1. The highest BCUT2D eigenvalue weighted by molar-refractivity contribution is 6.30. The van der Waals surface area contributed by atoms with Crippen molar-refractivity contribution in [1.29, 1.82) is 0 Å². The van der Waals surface area contributed by atoms with Crippen molar-refractivity contribution >= 4 is 17.5 Å². The summed E-state index contributed by atoms with van der Waals surface area (Å²) in [6, 6.07) is 4.62. The molecule has 3 heteroatoms. The quantitative estimate of drug-likeness (QED) is 0.651. The molecule has 0 aliphatic rings. The fourth-order valence-electron chi connectivity index (χ4n) is 0.851. The van der Waals surface area contributed by atoms with Gasteiger partial charge in [0.2, 0.25) is 5.91 Å². The third-order valence-electron chi connectivity index (χ3n) is 1.40. The number of carbonyl (C=O) groups is 1. The maximum atomic E-state index is 10.8. The summed E-state index contributed by atoms with van der Waals surface area (Å²) in [4.78, 5) is 10.8. The van der Waals surface area contributed by atoms with Crippen molar-refractivity contribution in [2.24, 2.45) is 5.73 Å². The van der Waals surface area contributed by atoms with Gasteiger partial charge >= 0.3 is 0 Å². The van der Waals surface area contributed by atoms with Crippen LogP contribution < -0.4 is 5.73 Å². The molecule has 2 N–H and O–H groups in total. The van der Waals surface area contributed by atoms with Crippen molar-refractivity contribution in [2.75, 3.05) is 0 Å². The average Bonchev–Trinajstić information content (AvgIpc) is 2.03. The summed E-state index contributed by atoms with van der Waals surface area (Å²) in [5.41, 5.74) is 5.81. The van der Waals surface area contributed by atoms with Crippen LogP contribution in [0.5, 0.6) is 0 Å². The van der Waals surface area contributed by atoms with Crippen LogP contribution in [0.4, 0.5) is 0 Å². The number of benzene rings is 1. The molecule has 0 saturated carbocycles. The molecule has 0 aliphatic carbocycles. The second kappa shape index (κ2) is 3.29. The number of hydrogen-bond donors (Lipinski definition) is 1. The lowest BCUT2D eigenvalue weighted by Crippen LogP contribution is -2.12. The van der Waals surface area contributed by atoms with Gasteiger partial charge in [0.25, 0.3) is 0 Å². The van der Waals surface area contributed by atoms with Crippen LogP contribution in [0, 0.1) is 12.3 Å². The van der Waals surface area contributed by atoms with Crippen LogP contribution >= 0.6 is 11.6 Å². The second-order valence-electron chi connectivity index (χ2n) is 2.20. The van der Waals surface area contributed by atoms with Crippen LogP contribution in [-0.4, -0.2) is 5.91 Å². The van der Waals surface area contributed by atoms with Gasteiger partial charge in [-0.15, -0.1) is 6.42 Å². The van der Waals surface area contributed by atoms with Gasteiger partial charge in [-0.2, -0.15) is 0 Å². The summed E-state index contributed by atoms with van der Waals surface area (Å²) < 4.78 is 0. The van der Waals surface area contributed by atoms with Gasteiger partial charge in [0.1, 0.15) is 0 Å². The largest absolute Gasteiger partial charge is 0.366 e. The smallest absolute Gasteiger partial charge is 0.249 e. The molecule has 2 nitrogen and oxygen atoms in total. The number of hydrogen-bond acceptors (Lipinski definition) is 1. The van der Waals surface area contributed by atoms with Gasteiger partial charge in [0.15, 0.2) is 0 Å². The molecule has 0 radical (unpaired) electrons. The van der Waals surface area contributed by atoms with Gasteiger partial charge < -0.3 is 5.73 Å². The van der Waals surface area contributed by atoms with Crippen molar-refractivity contribution < 1.29 is 4.79 Å². The Kier molecular flexibility index (Phi) is 2.37. The summed E-state index contributed by atoms with van der Waals surface area (Å²) in [5.74, 6) is 1.79. The molecule has 0 bridgehead atoms. The van der Waals surface area contributed by atoms with E-state index in [0.717, 1.165) is 0 Å². The van der Waals surface area contributed by atoms with Crippen LogP contribution in [0.1, 0.15) is 15.9 Å². The zero-order valence-corrected chi connectivity index (χ0v) is 6.93. The van der Waals surface area contributed by atoms with Gasteiger partial charge in [-0.1, -0.05) is 17.5 Å². The van der Waals surface area contributed by atoms with Crippen LogP contribution in [0.3, 0.4) is 0 Å². The maximum absolute atomic E-state index is 10.8. The molecule has 0 spiro atoms. The Labute approximate surface area is 75.3 Å². The predicted octanol–water partition coefficient (Wildman–Crippen LogP) is 1.42. The van der Waals surface area contributed by atoms with Crippen molar-refractivity contribution in [1.82, 2.24) is 0 Å². The monoisotopic (exact) mass is 179 g/mol. The Hall–Kier alpha value is -1.46. The van der Waals surface area contributed by atoms with Crippen molar-refractivity contribution in [2.45, 2.75) is 0 Å². The zero-order chi connectivity index (χ0) is 9.14. The molecule has 1 amide bonds. The first kappa shape index (κ1) is 8.63. The summed E-state index contributed by atoms with van der Waals surface area (Å²) >= 11 is 5.65. The molecular weight excluding hydrogens is 174 g/mol. The first-order chi connectivity index (χ1) is 5.65. The second-order valence-corrected chi connectivity index (χ2v) is 2.63. The molecule has 1 aromatic rings. The van der Waals surface area contributed by atoms with Gasteiger partial charge in [0, 0.05) is 10.6 Å². The number of carbonyl (C=O) groups excluding carboxylic acids is 1. The molecule has 1 rings (SSSR count). The molecule has 0 atom stereocenters. The maximum Gasteiger partial charge on any atom is 0.249 e. The van der Waals surface area contributed by atoms with Crippen LogP contribution in [0.15, 0.2) is 18.2 Å². The van der Waals surface area contributed by atoms with Crippen molar-refractivity contribution in [3.63, 3.8) is 0 Å². The Morgan fingerprint density at radius 1 is 1.58 bits per heavy atom. The Morgan fingerprint density at radius 3 is 2.75 bits per heavy atom. The van der Waals surface area contributed by atoms with E-state index in [2.05, 4.69) is 5.92 Å². The van der Waals surface area contributed by atoms with Gasteiger partial charge in [-0.25, -0.2) is 0 Å². The van der Waals surface area contributed by atoms with E-state index >= 15 is 0 Å². The molecule has 60 valence electrons. The minimum absolute atomic E-state index is 0.321. The summed E-state index contributed by atoms with van der Waals surface area (Å²) in [6.07, 6.45) is 5.14. The Balaban J connectivity index is 3.32. The topological polar surface area (TPSA) is 43.1 Å². The van der Waals surface area contributed by atoms with E-state index in [4.69, 9.17) is 23.8 Å². The summed E-state index contributed by atoms with van der Waals surface area (Å²) in [5, 5.41) is 0.493. The normalized spacial score (nSPS) is 9.00. The molecule has 0 heterocycles.